The smallest absolute Gasteiger partial charge is 0.319 e. The molecule has 1 aliphatic heterocycles. The number of carbonyl (C=O) groups excluding carboxylic acids is 3. The second-order valence-electron chi connectivity index (χ2n) is 6.18. The lowest BCUT2D eigenvalue weighted by Crippen LogP contribution is -2.35. The monoisotopic (exact) mass is 398 g/mol. The van der Waals surface area contributed by atoms with Crippen molar-refractivity contribution in [1.82, 2.24) is 10.2 Å². The highest BCUT2D eigenvalue weighted by Crippen LogP contribution is 2.27. The van der Waals surface area contributed by atoms with Crippen LogP contribution in [-0.4, -0.2) is 47.9 Å². The molecule has 1 heterocycles. The fourth-order valence-electron chi connectivity index (χ4n) is 2.95. The molecule has 0 unspecified atom stereocenters. The number of nitrogens with one attached hydrogen (secondary N) is 2. The second-order valence-corrected chi connectivity index (χ2v) is 6.18. The van der Waals surface area contributed by atoms with Gasteiger partial charge in [0.05, 0.1) is 28.8 Å². The van der Waals surface area contributed by atoms with Crippen LogP contribution < -0.4 is 15.4 Å². The minimum atomic E-state index is -0.620. The number of methoxy groups -OCH3 is 1. The van der Waals surface area contributed by atoms with E-state index in [1.807, 2.05) is 0 Å². The van der Waals surface area contributed by atoms with Crippen molar-refractivity contribution < 1.29 is 24.0 Å². The molecule has 10 heteroatoms. The van der Waals surface area contributed by atoms with Gasteiger partial charge in [-0.25, -0.2) is 4.79 Å². The molecular formula is C19H18N4O6. The van der Waals surface area contributed by atoms with E-state index in [1.165, 1.54) is 19.2 Å². The quantitative estimate of drug-likeness (QED) is 0.319. The number of fused-ring (bicyclic) bond motifs is 1. The summed E-state index contributed by atoms with van der Waals surface area (Å²) in [5, 5.41) is 16.1. The van der Waals surface area contributed by atoms with Gasteiger partial charge >= 0.3 is 6.03 Å². The van der Waals surface area contributed by atoms with Gasteiger partial charge in [-0.3, -0.25) is 24.6 Å². The summed E-state index contributed by atoms with van der Waals surface area (Å²) < 4.78 is 5.15. The van der Waals surface area contributed by atoms with Crippen molar-refractivity contribution in [2.75, 3.05) is 25.5 Å². The largest absolute Gasteiger partial charge is 0.495 e. The van der Waals surface area contributed by atoms with E-state index in [0.717, 1.165) is 11.0 Å². The van der Waals surface area contributed by atoms with Gasteiger partial charge in [0.2, 0.25) is 0 Å². The highest BCUT2D eigenvalue weighted by atomic mass is 16.6. The molecule has 10 nitrogen and oxygen atoms in total. The number of amides is 4. The van der Waals surface area contributed by atoms with Crippen LogP contribution in [0, 0.1) is 10.1 Å². The van der Waals surface area contributed by atoms with Crippen molar-refractivity contribution in [2.24, 2.45) is 0 Å². The Kier molecular flexibility index (Phi) is 5.72. The Bertz CT molecular complexity index is 990. The minimum Gasteiger partial charge on any atom is -0.495 e. The first-order chi connectivity index (χ1) is 13.9. The van der Waals surface area contributed by atoms with Crippen molar-refractivity contribution in [1.29, 1.82) is 0 Å². The third kappa shape index (κ3) is 4.15. The van der Waals surface area contributed by atoms with E-state index in [9.17, 15) is 24.5 Å². The molecule has 29 heavy (non-hydrogen) atoms. The van der Waals surface area contributed by atoms with Gasteiger partial charge in [0.25, 0.3) is 17.5 Å². The molecule has 2 aromatic carbocycles. The summed E-state index contributed by atoms with van der Waals surface area (Å²) in [6.45, 7) is 0.295. The third-order valence-corrected chi connectivity index (χ3v) is 4.36. The van der Waals surface area contributed by atoms with E-state index in [1.54, 1.807) is 24.3 Å². The Morgan fingerprint density at radius 2 is 1.86 bits per heavy atom. The average Bonchev–Trinajstić information content (AvgIpc) is 2.95. The Morgan fingerprint density at radius 1 is 1.14 bits per heavy atom. The van der Waals surface area contributed by atoms with Crippen LogP contribution in [0.2, 0.25) is 0 Å². The van der Waals surface area contributed by atoms with Crippen molar-refractivity contribution in [3.8, 4) is 5.75 Å². The number of non-ortho nitro benzene ring substituents is 1. The van der Waals surface area contributed by atoms with Gasteiger partial charge in [-0.1, -0.05) is 12.1 Å². The molecule has 2 aromatic rings. The average molecular weight is 398 g/mol. The number of rotatable bonds is 7. The van der Waals surface area contributed by atoms with Crippen molar-refractivity contribution in [3.63, 3.8) is 0 Å². The maximum Gasteiger partial charge on any atom is 0.319 e. The maximum absolute atomic E-state index is 12.4. The molecule has 0 saturated heterocycles. The molecule has 0 bridgehead atoms. The number of hydrogen-bond donors (Lipinski definition) is 2. The molecule has 1 aliphatic rings. The maximum atomic E-state index is 12.4. The van der Waals surface area contributed by atoms with Gasteiger partial charge in [-0.2, -0.15) is 0 Å². The van der Waals surface area contributed by atoms with Gasteiger partial charge in [0.1, 0.15) is 5.75 Å². The zero-order chi connectivity index (χ0) is 21.0. The minimum absolute atomic E-state index is 0.0195. The fraction of sp³-hybridized carbons (Fsp3) is 0.211. The van der Waals surface area contributed by atoms with Gasteiger partial charge in [0.15, 0.2) is 0 Å². The first-order valence-electron chi connectivity index (χ1n) is 8.75. The highest BCUT2D eigenvalue weighted by molar-refractivity contribution is 6.21. The summed E-state index contributed by atoms with van der Waals surface area (Å²) in [5.74, 6) is -0.562. The van der Waals surface area contributed by atoms with Crippen molar-refractivity contribution in [3.05, 3.63) is 63.7 Å². The molecule has 0 aromatic heterocycles. The van der Waals surface area contributed by atoms with Crippen LogP contribution in [0.25, 0.3) is 0 Å². The summed E-state index contributed by atoms with van der Waals surface area (Å²) in [7, 11) is 1.50. The van der Waals surface area contributed by atoms with Crippen molar-refractivity contribution >= 4 is 29.2 Å². The molecule has 0 saturated carbocycles. The first-order valence-corrected chi connectivity index (χ1v) is 8.75. The molecule has 4 amide bonds. The Hall–Kier alpha value is -3.95. The van der Waals surface area contributed by atoms with Gasteiger partial charge in [0, 0.05) is 25.2 Å². The fourth-order valence-corrected chi connectivity index (χ4v) is 2.95. The molecule has 150 valence electrons. The van der Waals surface area contributed by atoms with Crippen LogP contribution in [0.5, 0.6) is 5.75 Å². The van der Waals surface area contributed by atoms with E-state index >= 15 is 0 Å². The van der Waals surface area contributed by atoms with Crippen LogP contribution in [0.15, 0.2) is 42.5 Å². The number of para-hydroxylation sites is 2. The lowest BCUT2D eigenvalue weighted by Gasteiger charge is -2.14. The van der Waals surface area contributed by atoms with Gasteiger partial charge < -0.3 is 15.4 Å². The molecule has 3 rings (SSSR count). The standard InChI is InChI=1S/C19H18N4O6/c1-29-16-6-3-2-5-15(16)21-19(26)20-9-4-10-22-17(24)13-8-7-12(23(27)28)11-14(13)18(22)25/h2-3,5-8,11H,4,9-10H2,1H3,(H2,20,21,26). The molecule has 0 fully saturated rings. The predicted molar refractivity (Wildman–Crippen MR) is 103 cm³/mol. The number of imide groups is 1. The number of urea groups is 1. The number of ether oxygens (including phenoxy) is 1. The predicted octanol–water partition coefficient (Wildman–Crippen LogP) is 2.41. The summed E-state index contributed by atoms with van der Waals surface area (Å²) in [6.07, 6.45) is 0.326. The Labute approximate surface area is 165 Å². The Balaban J connectivity index is 1.52. The molecule has 0 aliphatic carbocycles. The number of anilines is 1. The number of nitro benzene ring substituents is 1. The molecule has 0 spiro atoms. The van der Waals surface area contributed by atoms with E-state index in [4.69, 9.17) is 4.74 Å². The molecule has 0 radical (unpaired) electrons. The Morgan fingerprint density at radius 3 is 2.59 bits per heavy atom. The van der Waals surface area contributed by atoms with Crippen LogP contribution in [0.1, 0.15) is 27.1 Å². The number of carbonyl (C=O) groups is 3. The molecular weight excluding hydrogens is 380 g/mol. The summed E-state index contributed by atoms with van der Waals surface area (Å²) in [5.41, 5.74) is 0.421. The zero-order valence-electron chi connectivity index (χ0n) is 15.5. The highest BCUT2D eigenvalue weighted by Gasteiger charge is 2.36. The van der Waals surface area contributed by atoms with E-state index in [0.29, 0.717) is 17.9 Å². The SMILES string of the molecule is COc1ccccc1NC(=O)NCCCN1C(=O)c2ccc([N+](=O)[O-])cc2C1=O. The normalized spacial score (nSPS) is 12.5. The number of hydrogen-bond acceptors (Lipinski definition) is 6. The molecule has 2 N–H and O–H groups in total. The van der Waals surface area contributed by atoms with Crippen LogP contribution in [0.3, 0.4) is 0 Å². The molecule has 0 atom stereocenters. The van der Waals surface area contributed by atoms with Gasteiger partial charge in [-0.15, -0.1) is 0 Å². The lowest BCUT2D eigenvalue weighted by molar-refractivity contribution is -0.384. The zero-order valence-corrected chi connectivity index (χ0v) is 15.5. The number of nitro groups is 1. The first kappa shape index (κ1) is 19.8. The van der Waals surface area contributed by atoms with Crippen LogP contribution in [-0.2, 0) is 0 Å². The van der Waals surface area contributed by atoms with Crippen LogP contribution in [0.4, 0.5) is 16.2 Å². The second kappa shape index (κ2) is 8.38. The van der Waals surface area contributed by atoms with Crippen molar-refractivity contribution in [2.45, 2.75) is 6.42 Å². The summed E-state index contributed by atoms with van der Waals surface area (Å²) >= 11 is 0. The lowest BCUT2D eigenvalue weighted by atomic mass is 10.1. The van der Waals surface area contributed by atoms with E-state index < -0.39 is 22.8 Å². The van der Waals surface area contributed by atoms with Crippen LogP contribution >= 0.6 is 0 Å². The topological polar surface area (TPSA) is 131 Å². The van der Waals surface area contributed by atoms with E-state index in [2.05, 4.69) is 10.6 Å². The number of benzene rings is 2. The van der Waals surface area contributed by atoms with Gasteiger partial charge in [-0.05, 0) is 24.6 Å². The summed E-state index contributed by atoms with van der Waals surface area (Å²) in [6, 6.07) is 10.1. The third-order valence-electron chi connectivity index (χ3n) is 4.36. The number of nitrogens with zero attached hydrogens (tertiary/aromatic N) is 2. The summed E-state index contributed by atoms with van der Waals surface area (Å²) in [4.78, 5) is 48.0. The van der Waals surface area contributed by atoms with E-state index in [-0.39, 0.29) is 29.9 Å².